The van der Waals surface area contributed by atoms with Gasteiger partial charge in [0.25, 0.3) is 0 Å². The van der Waals surface area contributed by atoms with E-state index < -0.39 is 0 Å². The quantitative estimate of drug-likeness (QED) is 0.720. The van der Waals surface area contributed by atoms with Crippen molar-refractivity contribution in [3.8, 4) is 0 Å². The van der Waals surface area contributed by atoms with Crippen LogP contribution >= 0.6 is 0 Å². The predicted octanol–water partition coefficient (Wildman–Crippen LogP) is 0.906. The predicted molar refractivity (Wildman–Crippen MR) is 79.4 cm³/mol. The highest BCUT2D eigenvalue weighted by Gasteiger charge is 2.32. The van der Waals surface area contributed by atoms with Gasteiger partial charge in [-0.2, -0.15) is 0 Å². The summed E-state index contributed by atoms with van der Waals surface area (Å²) in [5, 5.41) is 13.1. The molecule has 0 aromatic carbocycles. The molecule has 1 atom stereocenters. The van der Waals surface area contributed by atoms with Gasteiger partial charge in [0.2, 0.25) is 0 Å². The van der Waals surface area contributed by atoms with Crippen molar-refractivity contribution in [2.24, 2.45) is 0 Å². The van der Waals surface area contributed by atoms with E-state index in [2.05, 4.69) is 35.9 Å². The molecule has 2 N–H and O–H groups in total. The summed E-state index contributed by atoms with van der Waals surface area (Å²) in [5.41, 5.74) is -0.137. The fraction of sp³-hybridized carbons (Fsp3) is 1.00. The van der Waals surface area contributed by atoms with Gasteiger partial charge in [0.15, 0.2) is 0 Å². The summed E-state index contributed by atoms with van der Waals surface area (Å²) in [6, 6.07) is 1.33. The van der Waals surface area contributed by atoms with Crippen molar-refractivity contribution in [3.63, 3.8) is 0 Å². The molecule has 0 bridgehead atoms. The minimum atomic E-state index is -0.137. The largest absolute Gasteiger partial charge is 0.394 e. The molecule has 0 amide bonds. The summed E-state index contributed by atoms with van der Waals surface area (Å²) in [4.78, 5) is 5.20. The molecule has 19 heavy (non-hydrogen) atoms. The van der Waals surface area contributed by atoms with Gasteiger partial charge in [0, 0.05) is 50.3 Å². The average Bonchev–Trinajstić information content (AvgIpc) is 3.21. The van der Waals surface area contributed by atoms with E-state index in [-0.39, 0.29) is 12.1 Å². The Balaban J connectivity index is 1.69. The monoisotopic (exact) mass is 269 g/mol. The smallest absolute Gasteiger partial charge is 0.0611 e. The molecule has 1 aliphatic heterocycles. The van der Waals surface area contributed by atoms with Crippen LogP contribution in [0.25, 0.3) is 0 Å². The van der Waals surface area contributed by atoms with Crippen molar-refractivity contribution in [2.75, 3.05) is 39.3 Å². The molecule has 2 fully saturated rings. The lowest BCUT2D eigenvalue weighted by molar-refractivity contribution is 0.0997. The van der Waals surface area contributed by atoms with Gasteiger partial charge in [0.1, 0.15) is 0 Å². The minimum Gasteiger partial charge on any atom is -0.394 e. The van der Waals surface area contributed by atoms with Crippen LogP contribution in [0.1, 0.15) is 40.0 Å². The van der Waals surface area contributed by atoms with E-state index in [4.69, 9.17) is 0 Å². The molecule has 0 radical (unpaired) electrons. The van der Waals surface area contributed by atoms with Crippen LogP contribution < -0.4 is 5.32 Å². The van der Waals surface area contributed by atoms with Gasteiger partial charge in [-0.3, -0.25) is 4.90 Å². The topological polar surface area (TPSA) is 38.7 Å². The molecule has 0 aromatic heterocycles. The molecule has 4 heteroatoms. The number of piperazine rings is 1. The van der Waals surface area contributed by atoms with Crippen molar-refractivity contribution >= 4 is 0 Å². The van der Waals surface area contributed by atoms with Crippen molar-refractivity contribution < 1.29 is 5.11 Å². The molecule has 1 unspecified atom stereocenters. The zero-order valence-corrected chi connectivity index (χ0v) is 12.9. The maximum Gasteiger partial charge on any atom is 0.0611 e. The van der Waals surface area contributed by atoms with Crippen LogP contribution in [0.4, 0.5) is 0 Å². The van der Waals surface area contributed by atoms with E-state index in [1.807, 2.05) is 0 Å². The van der Waals surface area contributed by atoms with Crippen LogP contribution in [0.15, 0.2) is 0 Å². The summed E-state index contributed by atoms with van der Waals surface area (Å²) >= 11 is 0. The Kier molecular flexibility index (Phi) is 5.23. The first-order valence-corrected chi connectivity index (χ1v) is 7.87. The summed E-state index contributed by atoms with van der Waals surface area (Å²) in [7, 11) is 0. The Morgan fingerprint density at radius 2 is 1.84 bits per heavy atom. The minimum absolute atomic E-state index is 0.137. The van der Waals surface area contributed by atoms with Gasteiger partial charge < -0.3 is 15.3 Å². The zero-order valence-electron chi connectivity index (χ0n) is 12.9. The molecule has 1 aliphatic carbocycles. The third-order valence-electron chi connectivity index (χ3n) is 4.44. The van der Waals surface area contributed by atoms with E-state index in [1.54, 1.807) is 0 Å². The van der Waals surface area contributed by atoms with Gasteiger partial charge in [0.05, 0.1) is 6.61 Å². The van der Waals surface area contributed by atoms with Crippen molar-refractivity contribution in [1.82, 2.24) is 15.1 Å². The number of rotatable bonds is 7. The van der Waals surface area contributed by atoms with Crippen molar-refractivity contribution in [1.29, 1.82) is 0 Å². The van der Waals surface area contributed by atoms with Gasteiger partial charge in [-0.25, -0.2) is 0 Å². The number of hydrogen-bond acceptors (Lipinski definition) is 4. The first-order chi connectivity index (χ1) is 9.02. The molecule has 4 nitrogen and oxygen atoms in total. The number of hydrogen-bond donors (Lipinski definition) is 2. The van der Waals surface area contributed by atoms with Crippen molar-refractivity contribution in [3.05, 3.63) is 0 Å². The van der Waals surface area contributed by atoms with Crippen LogP contribution in [-0.4, -0.2) is 71.9 Å². The molecular weight excluding hydrogens is 238 g/mol. The molecule has 1 heterocycles. The lowest BCUT2D eigenvalue weighted by Gasteiger charge is -2.38. The van der Waals surface area contributed by atoms with Gasteiger partial charge in [-0.1, -0.05) is 13.8 Å². The lowest BCUT2D eigenvalue weighted by Crippen LogP contribution is -2.53. The highest BCUT2D eigenvalue weighted by Crippen LogP contribution is 2.27. The summed E-state index contributed by atoms with van der Waals surface area (Å²) in [6.07, 6.45) is 3.85. The van der Waals surface area contributed by atoms with E-state index in [1.165, 1.54) is 39.0 Å². The first-order valence-electron chi connectivity index (χ1n) is 7.87. The number of aliphatic hydroxyl groups is 1. The third kappa shape index (κ3) is 4.71. The molecule has 1 saturated heterocycles. The van der Waals surface area contributed by atoms with E-state index in [9.17, 15) is 5.11 Å². The number of nitrogens with zero attached hydrogens (tertiary/aromatic N) is 2. The van der Waals surface area contributed by atoms with Crippen LogP contribution in [0, 0.1) is 0 Å². The Morgan fingerprint density at radius 1 is 1.21 bits per heavy atom. The standard InChI is InChI=1S/C15H31N3O/c1-13(2)16-15(3,12-19)6-7-17-8-10-18(11-9-17)14-4-5-14/h13-14,16,19H,4-12H2,1-3H3. The fourth-order valence-corrected chi connectivity index (χ4v) is 3.09. The van der Waals surface area contributed by atoms with Crippen LogP contribution in [0.2, 0.25) is 0 Å². The second-order valence-electron chi connectivity index (χ2n) is 6.88. The molecular formula is C15H31N3O. The van der Waals surface area contributed by atoms with Gasteiger partial charge >= 0.3 is 0 Å². The molecule has 0 aromatic rings. The SMILES string of the molecule is CC(C)NC(C)(CO)CCN1CCN(C2CC2)CC1. The Bertz CT molecular complexity index is 273. The molecule has 2 aliphatic rings. The lowest BCUT2D eigenvalue weighted by atomic mass is 9.97. The number of aliphatic hydroxyl groups excluding tert-OH is 1. The summed E-state index contributed by atoms with van der Waals surface area (Å²) in [5.74, 6) is 0. The summed E-state index contributed by atoms with van der Waals surface area (Å²) in [6.45, 7) is 12.6. The van der Waals surface area contributed by atoms with Crippen LogP contribution in [-0.2, 0) is 0 Å². The summed E-state index contributed by atoms with van der Waals surface area (Å²) < 4.78 is 0. The highest BCUT2D eigenvalue weighted by molar-refractivity contribution is 4.89. The highest BCUT2D eigenvalue weighted by atomic mass is 16.3. The molecule has 2 rings (SSSR count). The number of nitrogens with one attached hydrogen (secondary N) is 1. The van der Waals surface area contributed by atoms with Crippen LogP contribution in [0.5, 0.6) is 0 Å². The Hall–Kier alpha value is -0.160. The Labute approximate surface area is 118 Å². The average molecular weight is 269 g/mol. The second-order valence-corrected chi connectivity index (χ2v) is 6.88. The molecule has 0 spiro atoms. The maximum absolute atomic E-state index is 9.60. The van der Waals surface area contributed by atoms with Gasteiger partial charge in [-0.15, -0.1) is 0 Å². The fourth-order valence-electron chi connectivity index (χ4n) is 3.09. The maximum atomic E-state index is 9.60. The normalized spacial score (nSPS) is 25.7. The van der Waals surface area contributed by atoms with E-state index in [0.29, 0.717) is 6.04 Å². The van der Waals surface area contributed by atoms with Crippen LogP contribution in [0.3, 0.4) is 0 Å². The zero-order chi connectivity index (χ0) is 13.9. The van der Waals surface area contributed by atoms with E-state index in [0.717, 1.165) is 19.0 Å². The second kappa shape index (κ2) is 6.53. The first kappa shape index (κ1) is 15.2. The van der Waals surface area contributed by atoms with Gasteiger partial charge in [-0.05, 0) is 26.2 Å². The molecule has 1 saturated carbocycles. The third-order valence-corrected chi connectivity index (χ3v) is 4.44. The molecule has 112 valence electrons. The Morgan fingerprint density at radius 3 is 2.32 bits per heavy atom. The van der Waals surface area contributed by atoms with Crippen molar-refractivity contribution in [2.45, 2.75) is 57.7 Å². The van der Waals surface area contributed by atoms with E-state index >= 15 is 0 Å².